The Balaban J connectivity index is 2.50. The molecule has 1 N–H and O–H groups in total. The molecule has 0 spiro atoms. The fourth-order valence-corrected chi connectivity index (χ4v) is 2.26. The van der Waals surface area contributed by atoms with Gasteiger partial charge in [0.05, 0.1) is 5.69 Å². The lowest BCUT2D eigenvalue weighted by Crippen LogP contribution is -2.10. The first-order valence-electron chi connectivity index (χ1n) is 4.13. The number of carbonyl (C=O) groups is 1. The fourth-order valence-electron chi connectivity index (χ4n) is 1.21. The van der Waals surface area contributed by atoms with Crippen LogP contribution in [0.2, 0.25) is 0 Å². The topological polar surface area (TPSA) is 29.1 Å². The van der Waals surface area contributed by atoms with Crippen LogP contribution < -0.4 is 5.32 Å². The number of nitrogens with one attached hydrogen (secondary N) is 1. The summed E-state index contributed by atoms with van der Waals surface area (Å²) < 4.78 is 0. The highest BCUT2D eigenvalue weighted by atomic mass is 35.5. The number of hydrogen-bond donors (Lipinski definition) is 1. The number of para-hydroxylation sites is 1. The van der Waals surface area contributed by atoms with E-state index in [1.807, 2.05) is 31.2 Å². The van der Waals surface area contributed by atoms with Crippen LogP contribution in [0, 0.1) is 0 Å². The minimum absolute atomic E-state index is 0.235. The molecule has 0 atom stereocenters. The van der Waals surface area contributed by atoms with E-state index < -0.39 is 0 Å². The zero-order valence-electron chi connectivity index (χ0n) is 7.50. The maximum absolute atomic E-state index is 11.5. The van der Waals surface area contributed by atoms with Gasteiger partial charge in [-0.3, -0.25) is 4.79 Å². The lowest BCUT2D eigenvalue weighted by atomic mass is 10.3. The largest absolute Gasteiger partial charge is 0.320 e. The van der Waals surface area contributed by atoms with E-state index in [0.717, 1.165) is 15.5 Å². The Hall–Kier alpha value is -0.930. The molecule has 1 aromatic rings. The minimum Gasteiger partial charge on any atom is -0.320 e. The Kier molecular flexibility index (Phi) is 2.52. The van der Waals surface area contributed by atoms with E-state index >= 15 is 0 Å². The summed E-state index contributed by atoms with van der Waals surface area (Å²) in [7, 11) is 0. The Morgan fingerprint density at radius 3 is 2.86 bits per heavy atom. The lowest BCUT2D eigenvalue weighted by molar-refractivity contribution is -0.112. The van der Waals surface area contributed by atoms with E-state index in [4.69, 9.17) is 11.6 Å². The number of thioether (sulfide) groups is 1. The summed E-state index contributed by atoms with van der Waals surface area (Å²) in [6.07, 6.45) is 0. The van der Waals surface area contributed by atoms with Crippen molar-refractivity contribution >= 4 is 35.0 Å². The second kappa shape index (κ2) is 3.67. The molecule has 1 amide bonds. The molecule has 0 aliphatic carbocycles. The number of carbonyl (C=O) groups excluding carboxylic acids is 1. The van der Waals surface area contributed by atoms with Crippen molar-refractivity contribution in [2.45, 2.75) is 11.8 Å². The zero-order valence-corrected chi connectivity index (χ0v) is 9.08. The van der Waals surface area contributed by atoms with Gasteiger partial charge in [-0.25, -0.2) is 0 Å². The average Bonchev–Trinajstić information content (AvgIpc) is 2.28. The van der Waals surface area contributed by atoms with E-state index in [2.05, 4.69) is 5.32 Å². The van der Waals surface area contributed by atoms with Crippen LogP contribution in [-0.4, -0.2) is 5.91 Å². The van der Waals surface area contributed by atoms with Crippen LogP contribution in [0.3, 0.4) is 0 Å². The van der Waals surface area contributed by atoms with Gasteiger partial charge in [0, 0.05) is 9.80 Å². The summed E-state index contributed by atoms with van der Waals surface area (Å²) in [5.41, 5.74) is 0.817. The molecule has 14 heavy (non-hydrogen) atoms. The standard InChI is InChI=1S/C10H8ClNOS/c1-6-9(11)10(13)12-7-4-2-3-5-8(7)14-6/h2-5H,1H3,(H,12,13). The maximum atomic E-state index is 11.5. The second-order valence-electron chi connectivity index (χ2n) is 2.92. The van der Waals surface area contributed by atoms with Gasteiger partial charge in [-0.1, -0.05) is 35.5 Å². The van der Waals surface area contributed by atoms with Crippen LogP contribution in [-0.2, 0) is 4.79 Å². The van der Waals surface area contributed by atoms with Crippen molar-refractivity contribution in [3.05, 3.63) is 34.2 Å². The first-order chi connectivity index (χ1) is 6.68. The van der Waals surface area contributed by atoms with E-state index in [-0.39, 0.29) is 10.9 Å². The molecule has 0 saturated heterocycles. The van der Waals surface area contributed by atoms with Crippen LogP contribution in [0.25, 0.3) is 0 Å². The molecule has 4 heteroatoms. The number of rotatable bonds is 0. The molecular weight excluding hydrogens is 218 g/mol. The normalized spacial score (nSPS) is 16.0. The molecule has 0 bridgehead atoms. The van der Waals surface area contributed by atoms with Crippen LogP contribution >= 0.6 is 23.4 Å². The molecule has 0 fully saturated rings. The van der Waals surface area contributed by atoms with Gasteiger partial charge >= 0.3 is 0 Å². The first-order valence-corrected chi connectivity index (χ1v) is 5.32. The Bertz CT molecular complexity index is 428. The molecule has 2 nitrogen and oxygen atoms in total. The molecule has 2 rings (SSSR count). The van der Waals surface area contributed by atoms with Crippen LogP contribution in [0.15, 0.2) is 39.1 Å². The summed E-state index contributed by atoms with van der Waals surface area (Å²) in [4.78, 5) is 13.3. The summed E-state index contributed by atoms with van der Waals surface area (Å²) in [6, 6.07) is 7.64. The van der Waals surface area contributed by atoms with Gasteiger partial charge < -0.3 is 5.32 Å². The van der Waals surface area contributed by atoms with Crippen molar-refractivity contribution in [1.82, 2.24) is 0 Å². The van der Waals surface area contributed by atoms with Crippen molar-refractivity contribution in [2.24, 2.45) is 0 Å². The van der Waals surface area contributed by atoms with Gasteiger partial charge in [0.25, 0.3) is 5.91 Å². The SMILES string of the molecule is CC1=C(Cl)C(=O)Nc2ccccc2S1. The predicted octanol–water partition coefficient (Wildman–Crippen LogP) is 3.20. The molecule has 1 aliphatic rings. The van der Waals surface area contributed by atoms with Crippen molar-refractivity contribution in [1.29, 1.82) is 0 Å². The van der Waals surface area contributed by atoms with Crippen molar-refractivity contribution < 1.29 is 4.79 Å². The van der Waals surface area contributed by atoms with Crippen LogP contribution in [0.4, 0.5) is 5.69 Å². The number of allylic oxidation sites excluding steroid dienone is 1. The number of fused-ring (bicyclic) bond motifs is 1. The molecule has 72 valence electrons. The number of anilines is 1. The summed E-state index contributed by atoms with van der Waals surface area (Å²) in [5, 5.41) is 3.02. The third-order valence-corrected chi connectivity index (χ3v) is 3.56. The molecule has 1 heterocycles. The van der Waals surface area contributed by atoms with E-state index in [9.17, 15) is 4.79 Å². The average molecular weight is 226 g/mol. The molecule has 1 aliphatic heterocycles. The predicted molar refractivity (Wildman–Crippen MR) is 59.5 cm³/mol. The van der Waals surface area contributed by atoms with Gasteiger partial charge in [-0.15, -0.1) is 0 Å². The van der Waals surface area contributed by atoms with Gasteiger partial charge in [0.1, 0.15) is 5.03 Å². The van der Waals surface area contributed by atoms with E-state index in [1.165, 1.54) is 11.8 Å². The van der Waals surface area contributed by atoms with Crippen molar-refractivity contribution in [3.8, 4) is 0 Å². The summed E-state index contributed by atoms with van der Waals surface area (Å²) >= 11 is 7.37. The summed E-state index contributed by atoms with van der Waals surface area (Å²) in [5.74, 6) is -0.235. The number of amides is 1. The smallest absolute Gasteiger partial charge is 0.268 e. The number of halogens is 1. The molecular formula is C10H8ClNOS. The highest BCUT2D eigenvalue weighted by Gasteiger charge is 2.18. The third kappa shape index (κ3) is 1.65. The Morgan fingerprint density at radius 1 is 1.36 bits per heavy atom. The Morgan fingerprint density at radius 2 is 2.07 bits per heavy atom. The molecule has 0 saturated carbocycles. The molecule has 0 radical (unpaired) electrons. The quantitative estimate of drug-likeness (QED) is 0.735. The van der Waals surface area contributed by atoms with Gasteiger partial charge in [0.2, 0.25) is 0 Å². The first kappa shape index (κ1) is 9.62. The molecule has 1 aromatic carbocycles. The zero-order chi connectivity index (χ0) is 10.1. The maximum Gasteiger partial charge on any atom is 0.268 e. The number of benzene rings is 1. The lowest BCUT2D eigenvalue weighted by Gasteiger charge is -2.04. The van der Waals surface area contributed by atoms with Gasteiger partial charge in [-0.05, 0) is 19.1 Å². The van der Waals surface area contributed by atoms with Crippen molar-refractivity contribution in [3.63, 3.8) is 0 Å². The highest BCUT2D eigenvalue weighted by molar-refractivity contribution is 8.03. The minimum atomic E-state index is -0.235. The van der Waals surface area contributed by atoms with Gasteiger partial charge in [0.15, 0.2) is 0 Å². The molecule has 0 unspecified atom stereocenters. The fraction of sp³-hybridized carbons (Fsp3) is 0.100. The summed E-state index contributed by atoms with van der Waals surface area (Å²) in [6.45, 7) is 1.84. The third-order valence-electron chi connectivity index (χ3n) is 1.91. The van der Waals surface area contributed by atoms with Crippen LogP contribution in [0.1, 0.15) is 6.92 Å². The van der Waals surface area contributed by atoms with E-state index in [1.54, 1.807) is 0 Å². The Labute approximate surface area is 91.3 Å². The number of hydrogen-bond acceptors (Lipinski definition) is 2. The highest BCUT2D eigenvalue weighted by Crippen LogP contribution is 2.37. The second-order valence-corrected chi connectivity index (χ2v) is 4.56. The monoisotopic (exact) mass is 225 g/mol. The van der Waals surface area contributed by atoms with Crippen LogP contribution in [0.5, 0.6) is 0 Å². The molecule has 0 aromatic heterocycles. The van der Waals surface area contributed by atoms with Crippen molar-refractivity contribution in [2.75, 3.05) is 5.32 Å². The van der Waals surface area contributed by atoms with Gasteiger partial charge in [-0.2, -0.15) is 0 Å². The van der Waals surface area contributed by atoms with E-state index in [0.29, 0.717) is 0 Å².